The lowest BCUT2D eigenvalue weighted by molar-refractivity contribution is 0.0576. The lowest BCUT2D eigenvalue weighted by atomic mass is 10.0. The average Bonchev–Trinajstić information content (AvgIpc) is 2.45. The van der Waals surface area contributed by atoms with E-state index in [-0.39, 0.29) is 0 Å². The summed E-state index contributed by atoms with van der Waals surface area (Å²) < 4.78 is 5.55. The lowest BCUT2D eigenvalue weighted by Gasteiger charge is -2.28. The van der Waals surface area contributed by atoms with E-state index in [0.29, 0.717) is 5.92 Å². The summed E-state index contributed by atoms with van der Waals surface area (Å²) in [4.78, 5) is 11.2. The highest BCUT2D eigenvalue weighted by Crippen LogP contribution is 2.19. The van der Waals surface area contributed by atoms with Crippen molar-refractivity contribution >= 4 is 11.8 Å². The van der Waals surface area contributed by atoms with Gasteiger partial charge in [-0.05, 0) is 32.1 Å². The van der Waals surface area contributed by atoms with Gasteiger partial charge in [-0.2, -0.15) is 4.98 Å². The molecule has 0 aliphatic carbocycles. The number of aryl methyl sites for hydroxylation is 1. The van der Waals surface area contributed by atoms with Crippen LogP contribution in [0.15, 0.2) is 6.07 Å². The van der Waals surface area contributed by atoms with E-state index < -0.39 is 0 Å². The van der Waals surface area contributed by atoms with Crippen molar-refractivity contribution in [3.8, 4) is 0 Å². The molecule has 1 saturated heterocycles. The summed E-state index contributed by atoms with van der Waals surface area (Å²) >= 11 is 0. The second-order valence-electron chi connectivity index (χ2n) is 5.58. The van der Waals surface area contributed by atoms with Crippen LogP contribution < -0.4 is 10.2 Å². The van der Waals surface area contributed by atoms with Crippen LogP contribution >= 0.6 is 0 Å². The SMILES string of the molecule is CCCNc1nc(C)cc(N(C)CC2CCCOC2)n1. The van der Waals surface area contributed by atoms with E-state index in [0.717, 1.165) is 50.2 Å². The van der Waals surface area contributed by atoms with Crippen molar-refractivity contribution in [3.05, 3.63) is 11.8 Å². The molecule has 0 amide bonds. The Kier molecular flexibility index (Phi) is 5.59. The zero-order valence-corrected chi connectivity index (χ0v) is 12.9. The predicted octanol–water partition coefficient (Wildman–Crippen LogP) is 2.47. The van der Waals surface area contributed by atoms with Crippen LogP contribution in [0.5, 0.6) is 0 Å². The van der Waals surface area contributed by atoms with E-state index in [4.69, 9.17) is 4.74 Å². The number of rotatable bonds is 6. The maximum absolute atomic E-state index is 5.55. The van der Waals surface area contributed by atoms with Crippen LogP contribution in [0.25, 0.3) is 0 Å². The predicted molar refractivity (Wildman–Crippen MR) is 82.4 cm³/mol. The van der Waals surface area contributed by atoms with Crippen LogP contribution in [0.1, 0.15) is 31.9 Å². The third-order valence-electron chi connectivity index (χ3n) is 3.55. The van der Waals surface area contributed by atoms with Crippen molar-refractivity contribution in [1.82, 2.24) is 9.97 Å². The molecule has 1 aliphatic rings. The highest BCUT2D eigenvalue weighted by Gasteiger charge is 2.17. The normalized spacial score (nSPS) is 18.9. The first-order chi connectivity index (χ1) is 9.69. The van der Waals surface area contributed by atoms with E-state index in [1.54, 1.807) is 0 Å². The quantitative estimate of drug-likeness (QED) is 0.866. The van der Waals surface area contributed by atoms with Crippen LogP contribution in [-0.4, -0.2) is 43.3 Å². The van der Waals surface area contributed by atoms with Gasteiger partial charge < -0.3 is 15.0 Å². The van der Waals surface area contributed by atoms with Crippen LogP contribution in [0.2, 0.25) is 0 Å². The van der Waals surface area contributed by atoms with Gasteiger partial charge in [0.25, 0.3) is 0 Å². The third-order valence-corrected chi connectivity index (χ3v) is 3.55. The number of hydrogen-bond acceptors (Lipinski definition) is 5. The minimum atomic E-state index is 0.607. The van der Waals surface area contributed by atoms with Crippen molar-refractivity contribution in [2.24, 2.45) is 5.92 Å². The Morgan fingerprint density at radius 2 is 2.30 bits per heavy atom. The largest absolute Gasteiger partial charge is 0.381 e. The fourth-order valence-corrected chi connectivity index (χ4v) is 2.50. The topological polar surface area (TPSA) is 50.3 Å². The van der Waals surface area contributed by atoms with Gasteiger partial charge in [0.05, 0.1) is 6.61 Å². The Morgan fingerprint density at radius 3 is 3.00 bits per heavy atom. The second kappa shape index (κ2) is 7.43. The van der Waals surface area contributed by atoms with Crippen LogP contribution in [-0.2, 0) is 4.74 Å². The Bertz CT molecular complexity index is 418. The third kappa shape index (κ3) is 4.34. The number of nitrogens with one attached hydrogen (secondary N) is 1. The summed E-state index contributed by atoms with van der Waals surface area (Å²) in [7, 11) is 2.10. The first kappa shape index (κ1) is 15.0. The molecular weight excluding hydrogens is 252 g/mol. The van der Waals surface area contributed by atoms with Crippen LogP contribution in [0, 0.1) is 12.8 Å². The molecule has 1 aromatic rings. The molecule has 1 aromatic heterocycles. The zero-order valence-electron chi connectivity index (χ0n) is 12.9. The van der Waals surface area contributed by atoms with E-state index in [2.05, 4.69) is 34.2 Å². The standard InChI is InChI=1S/C15H26N4O/c1-4-7-16-15-17-12(2)9-14(18-15)19(3)10-13-6-5-8-20-11-13/h9,13H,4-8,10-11H2,1-3H3,(H,16,17,18). The van der Waals surface area contributed by atoms with Gasteiger partial charge in [-0.25, -0.2) is 4.98 Å². The number of hydrogen-bond donors (Lipinski definition) is 1. The van der Waals surface area contributed by atoms with Gasteiger partial charge in [-0.15, -0.1) is 0 Å². The average molecular weight is 278 g/mol. The Balaban J connectivity index is 2.00. The van der Waals surface area contributed by atoms with Crippen molar-refractivity contribution in [1.29, 1.82) is 0 Å². The molecule has 1 fully saturated rings. The van der Waals surface area contributed by atoms with Gasteiger partial charge in [0.2, 0.25) is 5.95 Å². The highest BCUT2D eigenvalue weighted by molar-refractivity contribution is 5.44. The number of anilines is 2. The number of ether oxygens (including phenoxy) is 1. The monoisotopic (exact) mass is 278 g/mol. The van der Waals surface area contributed by atoms with Crippen molar-refractivity contribution in [3.63, 3.8) is 0 Å². The molecule has 0 bridgehead atoms. The minimum absolute atomic E-state index is 0.607. The van der Waals surface area contributed by atoms with Crippen molar-refractivity contribution in [2.45, 2.75) is 33.1 Å². The van der Waals surface area contributed by atoms with Gasteiger partial charge in [-0.1, -0.05) is 6.92 Å². The fraction of sp³-hybridized carbons (Fsp3) is 0.733. The smallest absolute Gasteiger partial charge is 0.224 e. The Morgan fingerprint density at radius 1 is 1.45 bits per heavy atom. The van der Waals surface area contributed by atoms with Gasteiger partial charge in [-0.3, -0.25) is 0 Å². The van der Waals surface area contributed by atoms with Gasteiger partial charge in [0.15, 0.2) is 0 Å². The molecule has 20 heavy (non-hydrogen) atoms. The molecule has 2 rings (SSSR count). The number of nitrogens with zero attached hydrogens (tertiary/aromatic N) is 3. The zero-order chi connectivity index (χ0) is 14.4. The molecule has 112 valence electrons. The summed E-state index contributed by atoms with van der Waals surface area (Å²) in [6.45, 7) is 7.83. The van der Waals surface area contributed by atoms with Gasteiger partial charge in [0, 0.05) is 38.5 Å². The van der Waals surface area contributed by atoms with E-state index >= 15 is 0 Å². The molecule has 0 spiro atoms. The maximum atomic E-state index is 5.55. The van der Waals surface area contributed by atoms with E-state index in [9.17, 15) is 0 Å². The van der Waals surface area contributed by atoms with Crippen molar-refractivity contribution < 1.29 is 4.74 Å². The maximum Gasteiger partial charge on any atom is 0.224 e. The molecule has 1 aliphatic heterocycles. The highest BCUT2D eigenvalue weighted by atomic mass is 16.5. The molecule has 2 heterocycles. The lowest BCUT2D eigenvalue weighted by Crippen LogP contribution is -2.31. The Hall–Kier alpha value is -1.36. The molecule has 0 aromatic carbocycles. The first-order valence-corrected chi connectivity index (χ1v) is 7.57. The van der Waals surface area contributed by atoms with Crippen LogP contribution in [0.4, 0.5) is 11.8 Å². The van der Waals surface area contributed by atoms with E-state index in [1.807, 2.05) is 13.0 Å². The first-order valence-electron chi connectivity index (χ1n) is 7.57. The van der Waals surface area contributed by atoms with Crippen LogP contribution in [0.3, 0.4) is 0 Å². The summed E-state index contributed by atoms with van der Waals surface area (Å²) in [5.74, 6) is 2.33. The summed E-state index contributed by atoms with van der Waals surface area (Å²) in [5, 5.41) is 3.26. The molecule has 1 N–H and O–H groups in total. The molecule has 1 unspecified atom stereocenters. The summed E-state index contributed by atoms with van der Waals surface area (Å²) in [6.07, 6.45) is 3.49. The number of aromatic nitrogens is 2. The summed E-state index contributed by atoms with van der Waals surface area (Å²) in [5.41, 5.74) is 1.00. The molecular formula is C15H26N4O. The molecule has 1 atom stereocenters. The van der Waals surface area contributed by atoms with Crippen molar-refractivity contribution in [2.75, 3.05) is 43.6 Å². The van der Waals surface area contributed by atoms with E-state index in [1.165, 1.54) is 12.8 Å². The molecule has 0 radical (unpaired) electrons. The molecule has 5 heteroatoms. The molecule has 5 nitrogen and oxygen atoms in total. The van der Waals surface area contributed by atoms with Gasteiger partial charge >= 0.3 is 0 Å². The molecule has 0 saturated carbocycles. The fourth-order valence-electron chi connectivity index (χ4n) is 2.50. The minimum Gasteiger partial charge on any atom is -0.381 e. The summed E-state index contributed by atoms with van der Waals surface area (Å²) in [6, 6.07) is 2.04. The van der Waals surface area contributed by atoms with Gasteiger partial charge in [0.1, 0.15) is 5.82 Å². The Labute approximate surface area is 121 Å². The second-order valence-corrected chi connectivity index (χ2v) is 5.58.